The number of hydrogen-bond donors (Lipinski definition) is 1. The Kier molecular flexibility index (Phi) is 4.43. The third-order valence-electron chi connectivity index (χ3n) is 1.20. The highest BCUT2D eigenvalue weighted by Gasteiger charge is 1.98. The van der Waals surface area contributed by atoms with E-state index in [4.69, 9.17) is 5.11 Å². The van der Waals surface area contributed by atoms with Gasteiger partial charge < -0.3 is 5.11 Å². The summed E-state index contributed by atoms with van der Waals surface area (Å²) < 4.78 is 0.857. The number of halogens is 1. The minimum absolute atomic E-state index is 0.246. The monoisotopic (exact) mass is 250 g/mol. The molecule has 0 fully saturated rings. The quantitative estimate of drug-likeness (QED) is 0.452. The summed E-state index contributed by atoms with van der Waals surface area (Å²) in [6.45, 7) is 7.34. The highest BCUT2D eigenvalue weighted by atomic mass is 127. The molecule has 0 amide bonds. The molecule has 0 aliphatic carbocycles. The summed E-state index contributed by atoms with van der Waals surface area (Å²) in [6, 6.07) is 0. The Labute approximate surface area is 75.3 Å². The van der Waals surface area contributed by atoms with Crippen LogP contribution in [0.4, 0.5) is 0 Å². The molecule has 0 aromatic rings. The normalized spacial score (nSPS) is 14.5. The number of allylic oxidation sites excluding steroid dienone is 4. The molecule has 56 valence electrons. The second-order valence-corrected chi connectivity index (χ2v) is 2.95. The van der Waals surface area contributed by atoms with Gasteiger partial charge in [0, 0.05) is 0 Å². The second kappa shape index (κ2) is 4.55. The molecule has 0 unspecified atom stereocenters. The molecule has 0 rings (SSSR count). The lowest BCUT2D eigenvalue weighted by Crippen LogP contribution is -1.81. The number of aliphatic hydroxyl groups is 1. The van der Waals surface area contributed by atoms with Crippen molar-refractivity contribution >= 4 is 22.6 Å². The van der Waals surface area contributed by atoms with Gasteiger partial charge in [-0.15, -0.1) is 0 Å². The lowest BCUT2D eigenvalue weighted by molar-refractivity contribution is 0.431. The van der Waals surface area contributed by atoms with E-state index < -0.39 is 0 Å². The summed E-state index contributed by atoms with van der Waals surface area (Å²) >= 11 is 2.08. The zero-order chi connectivity index (χ0) is 8.15. The predicted octanol–water partition coefficient (Wildman–Crippen LogP) is 3.34. The molecule has 0 radical (unpaired) electrons. The van der Waals surface area contributed by atoms with Crippen LogP contribution in [0.25, 0.3) is 0 Å². The first-order valence-corrected chi connectivity index (χ1v) is 4.05. The van der Waals surface area contributed by atoms with E-state index in [0.29, 0.717) is 0 Å². The Morgan fingerprint density at radius 3 is 2.40 bits per heavy atom. The Hall–Kier alpha value is -0.250. The first-order chi connectivity index (χ1) is 4.63. The summed E-state index contributed by atoms with van der Waals surface area (Å²) in [5.74, 6) is 0.246. The van der Waals surface area contributed by atoms with Crippen molar-refractivity contribution in [1.29, 1.82) is 0 Å². The van der Waals surface area contributed by atoms with E-state index in [0.717, 1.165) is 9.15 Å². The van der Waals surface area contributed by atoms with Gasteiger partial charge in [0.2, 0.25) is 0 Å². The predicted molar refractivity (Wildman–Crippen MR) is 53.3 cm³/mol. The van der Waals surface area contributed by atoms with Crippen LogP contribution in [0.15, 0.2) is 33.6 Å². The van der Waals surface area contributed by atoms with Crippen molar-refractivity contribution in [1.82, 2.24) is 0 Å². The molecule has 0 aromatic heterocycles. The molecule has 0 saturated carbocycles. The van der Waals surface area contributed by atoms with Crippen LogP contribution < -0.4 is 0 Å². The fraction of sp³-hybridized carbons (Fsp3) is 0.250. The van der Waals surface area contributed by atoms with Crippen LogP contribution >= 0.6 is 22.6 Å². The van der Waals surface area contributed by atoms with E-state index in [1.807, 2.05) is 19.9 Å². The zero-order valence-corrected chi connectivity index (χ0v) is 8.34. The topological polar surface area (TPSA) is 20.2 Å². The van der Waals surface area contributed by atoms with Crippen LogP contribution in [0.5, 0.6) is 0 Å². The van der Waals surface area contributed by atoms with E-state index >= 15 is 0 Å². The van der Waals surface area contributed by atoms with Gasteiger partial charge in [0.1, 0.15) is 5.76 Å². The van der Waals surface area contributed by atoms with Gasteiger partial charge in [-0.2, -0.15) is 0 Å². The van der Waals surface area contributed by atoms with Crippen LogP contribution in [-0.2, 0) is 0 Å². The first-order valence-electron chi connectivity index (χ1n) is 2.98. The van der Waals surface area contributed by atoms with E-state index in [1.165, 1.54) is 6.08 Å². The van der Waals surface area contributed by atoms with Crippen molar-refractivity contribution in [3.05, 3.63) is 33.6 Å². The van der Waals surface area contributed by atoms with Crippen LogP contribution in [0.1, 0.15) is 13.8 Å². The minimum Gasteiger partial charge on any atom is -0.507 e. The lowest BCUT2D eigenvalue weighted by atomic mass is 10.2. The summed E-state index contributed by atoms with van der Waals surface area (Å²) in [4.78, 5) is 0. The van der Waals surface area contributed by atoms with Crippen LogP contribution in [0.2, 0.25) is 0 Å². The third-order valence-corrected chi connectivity index (χ3v) is 2.60. The number of aliphatic hydroxyl groups excluding tert-OH is 1. The highest BCUT2D eigenvalue weighted by Crippen LogP contribution is 2.20. The standard InChI is InChI=1S/C8H11IO/c1-4-6(3)8(9)7(10)5-2/h4-5,10H,2H2,1,3H3/b6-4-,8-7-. The first kappa shape index (κ1) is 9.75. The molecule has 1 nitrogen and oxygen atoms in total. The fourth-order valence-corrected chi connectivity index (χ4v) is 0.950. The van der Waals surface area contributed by atoms with Gasteiger partial charge in [-0.25, -0.2) is 0 Å². The molecule has 10 heavy (non-hydrogen) atoms. The molecule has 0 saturated heterocycles. The van der Waals surface area contributed by atoms with E-state index in [1.54, 1.807) is 0 Å². The van der Waals surface area contributed by atoms with Gasteiger partial charge >= 0.3 is 0 Å². The lowest BCUT2D eigenvalue weighted by Gasteiger charge is -1.98. The second-order valence-electron chi connectivity index (χ2n) is 1.88. The SMILES string of the molecule is C=C/C(O)=C(I)\C(C)=C/C. The van der Waals surface area contributed by atoms with E-state index in [9.17, 15) is 0 Å². The van der Waals surface area contributed by atoms with Crippen molar-refractivity contribution in [2.75, 3.05) is 0 Å². The molecule has 0 aromatic carbocycles. The summed E-state index contributed by atoms with van der Waals surface area (Å²) in [5.41, 5.74) is 1.07. The highest BCUT2D eigenvalue weighted by molar-refractivity contribution is 14.1. The van der Waals surface area contributed by atoms with E-state index in [2.05, 4.69) is 29.2 Å². The van der Waals surface area contributed by atoms with Crippen molar-refractivity contribution < 1.29 is 5.11 Å². The average molecular weight is 250 g/mol. The molecule has 2 heteroatoms. The third kappa shape index (κ3) is 2.56. The number of rotatable bonds is 2. The molecular weight excluding hydrogens is 239 g/mol. The molecule has 0 spiro atoms. The zero-order valence-electron chi connectivity index (χ0n) is 6.19. The van der Waals surface area contributed by atoms with Gasteiger partial charge in [-0.3, -0.25) is 0 Å². The minimum atomic E-state index is 0.246. The largest absolute Gasteiger partial charge is 0.507 e. The van der Waals surface area contributed by atoms with Crippen LogP contribution in [-0.4, -0.2) is 5.11 Å². The average Bonchev–Trinajstić information content (AvgIpc) is 2.00. The molecule has 0 bridgehead atoms. The van der Waals surface area contributed by atoms with Gasteiger partial charge in [-0.05, 0) is 48.1 Å². The molecule has 0 heterocycles. The fourth-order valence-electron chi connectivity index (χ4n) is 0.418. The van der Waals surface area contributed by atoms with Crippen LogP contribution in [0.3, 0.4) is 0 Å². The van der Waals surface area contributed by atoms with Gasteiger partial charge in [0.15, 0.2) is 0 Å². The van der Waals surface area contributed by atoms with Crippen LogP contribution in [0, 0.1) is 0 Å². The summed E-state index contributed by atoms with van der Waals surface area (Å²) in [7, 11) is 0. The Morgan fingerprint density at radius 1 is 1.60 bits per heavy atom. The van der Waals surface area contributed by atoms with Crippen molar-refractivity contribution in [2.45, 2.75) is 13.8 Å². The van der Waals surface area contributed by atoms with Gasteiger partial charge in [0.05, 0.1) is 3.58 Å². The van der Waals surface area contributed by atoms with Gasteiger partial charge in [-0.1, -0.05) is 12.7 Å². The summed E-state index contributed by atoms with van der Waals surface area (Å²) in [6.07, 6.45) is 3.39. The maximum absolute atomic E-state index is 9.14. The van der Waals surface area contributed by atoms with E-state index in [-0.39, 0.29) is 5.76 Å². The molecule has 0 atom stereocenters. The van der Waals surface area contributed by atoms with Crippen molar-refractivity contribution in [3.8, 4) is 0 Å². The maximum atomic E-state index is 9.14. The molecule has 0 aliphatic rings. The van der Waals surface area contributed by atoms with Gasteiger partial charge in [0.25, 0.3) is 0 Å². The Balaban J connectivity index is 4.63. The Morgan fingerprint density at radius 2 is 2.10 bits per heavy atom. The summed E-state index contributed by atoms with van der Waals surface area (Å²) in [5, 5.41) is 9.14. The molecule has 1 N–H and O–H groups in total. The number of hydrogen-bond acceptors (Lipinski definition) is 1. The Bertz CT molecular complexity index is 189. The maximum Gasteiger partial charge on any atom is 0.128 e. The van der Waals surface area contributed by atoms with Crippen molar-refractivity contribution in [2.24, 2.45) is 0 Å². The smallest absolute Gasteiger partial charge is 0.128 e. The van der Waals surface area contributed by atoms with Crippen molar-refractivity contribution in [3.63, 3.8) is 0 Å². The molecular formula is C8H11IO. The molecule has 0 aliphatic heterocycles.